The van der Waals surface area contributed by atoms with Crippen molar-refractivity contribution in [1.29, 1.82) is 0 Å². The van der Waals surface area contributed by atoms with Crippen molar-refractivity contribution in [3.63, 3.8) is 0 Å². The molecule has 1 aromatic carbocycles. The van der Waals surface area contributed by atoms with Gasteiger partial charge in [0.1, 0.15) is 6.33 Å². The highest BCUT2D eigenvalue weighted by Crippen LogP contribution is 2.15. The molecule has 2 heterocycles. The van der Waals surface area contributed by atoms with Crippen molar-refractivity contribution in [3.05, 3.63) is 58.5 Å². The number of benzene rings is 1. The Morgan fingerprint density at radius 3 is 2.88 bits per heavy atom. The summed E-state index contributed by atoms with van der Waals surface area (Å²) in [5.74, 6) is -0.140. The van der Waals surface area contributed by atoms with Gasteiger partial charge in [-0.2, -0.15) is 0 Å². The molecule has 3 rings (SSSR count). The van der Waals surface area contributed by atoms with Gasteiger partial charge in [-0.3, -0.25) is 9.59 Å². The maximum Gasteiger partial charge on any atom is 0.251 e. The van der Waals surface area contributed by atoms with Crippen molar-refractivity contribution in [2.45, 2.75) is 11.7 Å². The zero-order valence-corrected chi connectivity index (χ0v) is 15.6. The third kappa shape index (κ3) is 4.93. The summed E-state index contributed by atoms with van der Waals surface area (Å²) in [6.45, 7) is 0.488. The van der Waals surface area contributed by atoms with E-state index < -0.39 is 0 Å². The fraction of sp³-hybridized carbons (Fsp3) is 0.176. The van der Waals surface area contributed by atoms with Crippen molar-refractivity contribution in [1.82, 2.24) is 20.1 Å². The highest BCUT2D eigenvalue weighted by Gasteiger charge is 2.10. The molecule has 7 nitrogen and oxygen atoms in total. The van der Waals surface area contributed by atoms with Crippen LogP contribution in [0.1, 0.15) is 15.2 Å². The van der Waals surface area contributed by atoms with E-state index in [2.05, 4.69) is 20.8 Å². The van der Waals surface area contributed by atoms with E-state index in [1.54, 1.807) is 46.5 Å². The van der Waals surface area contributed by atoms with Crippen molar-refractivity contribution < 1.29 is 9.59 Å². The molecule has 2 N–H and O–H groups in total. The Hall–Kier alpha value is -2.65. The summed E-state index contributed by atoms with van der Waals surface area (Å²) in [7, 11) is 1.82. The van der Waals surface area contributed by atoms with Gasteiger partial charge in [0.05, 0.1) is 12.3 Å². The molecule has 0 bridgehead atoms. The van der Waals surface area contributed by atoms with E-state index in [-0.39, 0.29) is 17.6 Å². The first-order valence-corrected chi connectivity index (χ1v) is 9.65. The van der Waals surface area contributed by atoms with Gasteiger partial charge in [-0.25, -0.2) is 0 Å². The van der Waals surface area contributed by atoms with E-state index in [0.29, 0.717) is 23.0 Å². The van der Waals surface area contributed by atoms with Crippen molar-refractivity contribution in [2.24, 2.45) is 7.05 Å². The molecule has 2 aromatic heterocycles. The second-order valence-corrected chi connectivity index (χ2v) is 7.38. The molecule has 9 heteroatoms. The Morgan fingerprint density at radius 2 is 2.15 bits per heavy atom. The van der Waals surface area contributed by atoms with Crippen LogP contribution < -0.4 is 10.6 Å². The van der Waals surface area contributed by atoms with E-state index in [1.165, 1.54) is 11.8 Å². The molecule has 26 heavy (non-hydrogen) atoms. The second kappa shape index (κ2) is 8.63. The zero-order chi connectivity index (χ0) is 18.4. The molecule has 0 fully saturated rings. The van der Waals surface area contributed by atoms with Gasteiger partial charge >= 0.3 is 0 Å². The lowest BCUT2D eigenvalue weighted by atomic mass is 10.2. The number of carbonyl (C=O) groups is 2. The van der Waals surface area contributed by atoms with E-state index in [9.17, 15) is 9.59 Å². The number of nitrogens with zero attached hydrogens (tertiary/aromatic N) is 3. The van der Waals surface area contributed by atoms with Crippen molar-refractivity contribution in [2.75, 3.05) is 11.1 Å². The summed E-state index contributed by atoms with van der Waals surface area (Å²) in [6, 6.07) is 10.8. The highest BCUT2D eigenvalue weighted by molar-refractivity contribution is 7.99. The number of hydrogen-bond donors (Lipinski definition) is 2. The monoisotopic (exact) mass is 387 g/mol. The predicted molar refractivity (Wildman–Crippen MR) is 102 cm³/mol. The second-order valence-electron chi connectivity index (χ2n) is 5.40. The summed E-state index contributed by atoms with van der Waals surface area (Å²) in [6.07, 6.45) is 1.58. The Morgan fingerprint density at radius 1 is 1.27 bits per heavy atom. The van der Waals surface area contributed by atoms with Crippen LogP contribution >= 0.6 is 23.1 Å². The van der Waals surface area contributed by atoms with Crippen LogP contribution in [-0.4, -0.2) is 32.3 Å². The molecule has 0 radical (unpaired) electrons. The van der Waals surface area contributed by atoms with Crippen LogP contribution in [0.2, 0.25) is 0 Å². The standard InChI is InChI=1S/C17H17N5O2S2/c1-22-11-19-21-17(22)26-10-15(23)20-13-5-2-4-12(8-13)16(24)18-9-14-6-3-7-25-14/h2-8,11H,9-10H2,1H3,(H,18,24)(H,20,23). The van der Waals surface area contributed by atoms with Crippen LogP contribution in [0.5, 0.6) is 0 Å². The first-order chi connectivity index (χ1) is 12.6. The van der Waals surface area contributed by atoms with Gasteiger partial charge in [-0.05, 0) is 29.6 Å². The lowest BCUT2D eigenvalue weighted by Crippen LogP contribution is -2.22. The number of amides is 2. The molecule has 0 saturated carbocycles. The van der Waals surface area contributed by atoms with Crippen LogP contribution in [0, 0.1) is 0 Å². The number of hydrogen-bond acceptors (Lipinski definition) is 6. The van der Waals surface area contributed by atoms with Crippen LogP contribution in [0.15, 0.2) is 53.3 Å². The Labute approximate surface area is 158 Å². The lowest BCUT2D eigenvalue weighted by Gasteiger charge is -2.08. The van der Waals surface area contributed by atoms with E-state index in [1.807, 2.05) is 24.6 Å². The summed E-state index contributed by atoms with van der Waals surface area (Å²) in [5.41, 5.74) is 1.08. The number of rotatable bonds is 7. The molecule has 0 aliphatic rings. The molecular formula is C17H17N5O2S2. The molecule has 2 amide bonds. The largest absolute Gasteiger partial charge is 0.347 e. The smallest absolute Gasteiger partial charge is 0.251 e. The minimum atomic E-state index is -0.178. The topological polar surface area (TPSA) is 88.9 Å². The fourth-order valence-electron chi connectivity index (χ4n) is 2.15. The summed E-state index contributed by atoms with van der Waals surface area (Å²) in [5, 5.41) is 16.0. The van der Waals surface area contributed by atoms with Crippen LogP contribution in [0.4, 0.5) is 5.69 Å². The van der Waals surface area contributed by atoms with Gasteiger partial charge in [-0.1, -0.05) is 23.9 Å². The third-order valence-electron chi connectivity index (χ3n) is 3.41. The average molecular weight is 387 g/mol. The van der Waals surface area contributed by atoms with E-state index in [0.717, 1.165) is 4.88 Å². The molecule has 0 aliphatic carbocycles. The van der Waals surface area contributed by atoms with Crippen molar-refractivity contribution >= 4 is 40.6 Å². The van der Waals surface area contributed by atoms with Crippen molar-refractivity contribution in [3.8, 4) is 0 Å². The fourth-order valence-corrected chi connectivity index (χ4v) is 3.48. The first-order valence-electron chi connectivity index (χ1n) is 7.79. The number of anilines is 1. The zero-order valence-electron chi connectivity index (χ0n) is 14.0. The maximum absolute atomic E-state index is 12.3. The number of aryl methyl sites for hydroxylation is 1. The van der Waals surface area contributed by atoms with Crippen LogP contribution in [-0.2, 0) is 18.4 Å². The average Bonchev–Trinajstić information content (AvgIpc) is 3.30. The first kappa shape index (κ1) is 18.2. The molecule has 0 aliphatic heterocycles. The molecule has 0 atom stereocenters. The maximum atomic E-state index is 12.3. The molecule has 0 spiro atoms. The van der Waals surface area contributed by atoms with Gasteiger partial charge < -0.3 is 15.2 Å². The summed E-state index contributed by atoms with van der Waals surface area (Å²) in [4.78, 5) is 25.4. The molecule has 3 aromatic rings. The van der Waals surface area contributed by atoms with Gasteiger partial charge in [0.2, 0.25) is 5.91 Å². The molecular weight excluding hydrogens is 370 g/mol. The van der Waals surface area contributed by atoms with Gasteiger partial charge in [0, 0.05) is 23.2 Å². The molecule has 0 saturated heterocycles. The number of thiophene rings is 1. The van der Waals surface area contributed by atoms with E-state index >= 15 is 0 Å². The SMILES string of the molecule is Cn1cnnc1SCC(=O)Nc1cccc(C(=O)NCc2cccs2)c1. The van der Waals surface area contributed by atoms with Gasteiger partial charge in [-0.15, -0.1) is 21.5 Å². The number of thioether (sulfide) groups is 1. The number of carbonyl (C=O) groups excluding carboxylic acids is 2. The third-order valence-corrected chi connectivity index (χ3v) is 5.32. The van der Waals surface area contributed by atoms with E-state index in [4.69, 9.17) is 0 Å². The highest BCUT2D eigenvalue weighted by atomic mass is 32.2. The Kier molecular flexibility index (Phi) is 6.03. The summed E-state index contributed by atoms with van der Waals surface area (Å²) < 4.78 is 1.75. The number of aromatic nitrogens is 3. The van der Waals surface area contributed by atoms with Gasteiger partial charge in [0.15, 0.2) is 5.16 Å². The van der Waals surface area contributed by atoms with Crippen LogP contribution in [0.3, 0.4) is 0 Å². The van der Waals surface area contributed by atoms with Gasteiger partial charge in [0.25, 0.3) is 5.91 Å². The quantitative estimate of drug-likeness (QED) is 0.608. The molecule has 134 valence electrons. The summed E-state index contributed by atoms with van der Waals surface area (Å²) >= 11 is 2.89. The minimum Gasteiger partial charge on any atom is -0.347 e. The normalized spacial score (nSPS) is 10.5. The minimum absolute atomic E-state index is 0.172. The van der Waals surface area contributed by atoms with Crippen LogP contribution in [0.25, 0.3) is 0 Å². The Bertz CT molecular complexity index is 892. The Balaban J connectivity index is 1.53. The lowest BCUT2D eigenvalue weighted by molar-refractivity contribution is -0.113. The number of nitrogens with one attached hydrogen (secondary N) is 2. The molecule has 0 unspecified atom stereocenters. The predicted octanol–water partition coefficient (Wildman–Crippen LogP) is 2.54.